The van der Waals surface area contributed by atoms with E-state index >= 15 is 0 Å². The number of aliphatic hydroxyl groups excluding tert-OH is 1. The number of benzene rings is 2. The summed E-state index contributed by atoms with van der Waals surface area (Å²) in [6.07, 6.45) is 0. The first kappa shape index (κ1) is 18.1. The van der Waals surface area contributed by atoms with Crippen molar-refractivity contribution in [3.05, 3.63) is 48.0 Å². The average Bonchev–Trinajstić information content (AvgIpc) is 2.56. The van der Waals surface area contributed by atoms with E-state index in [0.717, 1.165) is 10.8 Å². The van der Waals surface area contributed by atoms with E-state index in [1.807, 2.05) is 36.4 Å². The molecule has 2 N–H and O–H groups in total. The Morgan fingerprint density at radius 2 is 1.74 bits per heavy atom. The molecule has 1 heterocycles. The molecule has 3 rings (SSSR count). The zero-order chi connectivity index (χ0) is 15.6. The predicted molar refractivity (Wildman–Crippen MR) is 90.4 cm³/mol. The fourth-order valence-electron chi connectivity index (χ4n) is 3.13. The van der Waals surface area contributed by atoms with Crippen LogP contribution in [0.15, 0.2) is 42.5 Å². The van der Waals surface area contributed by atoms with Crippen molar-refractivity contribution < 1.29 is 13.9 Å². The second-order valence-corrected chi connectivity index (χ2v) is 5.71. The molecular weight excluding hydrogens is 322 g/mol. The van der Waals surface area contributed by atoms with Gasteiger partial charge in [0, 0.05) is 26.2 Å². The Bertz CT molecular complexity index is 647. The zero-order valence-electron chi connectivity index (χ0n) is 12.7. The molecule has 0 bridgehead atoms. The van der Waals surface area contributed by atoms with Crippen LogP contribution in [0.5, 0.6) is 0 Å². The highest BCUT2D eigenvalue weighted by Gasteiger charge is 2.44. The Labute approximate surface area is 140 Å². The van der Waals surface area contributed by atoms with E-state index < -0.39 is 18.6 Å². The molecule has 0 aliphatic carbocycles. The standard InChI is InChI=1S/C17H20F2N2O.ClH/c18-17(19,12-22)16(21-9-7-20-8-10-21)15-6-5-13-3-1-2-4-14(13)11-15;/h1-6,11,16,20,22H,7-10,12H2;1H/t16-;/m1./s1. The number of halogens is 3. The highest BCUT2D eigenvalue weighted by molar-refractivity contribution is 5.85. The fraction of sp³-hybridized carbons (Fsp3) is 0.412. The summed E-state index contributed by atoms with van der Waals surface area (Å²) in [5, 5.41) is 14.3. The Morgan fingerprint density at radius 1 is 1.09 bits per heavy atom. The van der Waals surface area contributed by atoms with Gasteiger partial charge < -0.3 is 10.4 Å². The Hall–Kier alpha value is -1.27. The van der Waals surface area contributed by atoms with Gasteiger partial charge in [0.25, 0.3) is 5.92 Å². The minimum atomic E-state index is -3.17. The minimum absolute atomic E-state index is 0. The Morgan fingerprint density at radius 3 is 2.39 bits per heavy atom. The van der Waals surface area contributed by atoms with Crippen molar-refractivity contribution in [2.75, 3.05) is 32.8 Å². The SMILES string of the molecule is Cl.OCC(F)(F)[C@@H](c1ccc2ccccc2c1)N1CCNCC1. The molecule has 1 atom stereocenters. The van der Waals surface area contributed by atoms with Gasteiger partial charge >= 0.3 is 0 Å². The molecule has 0 amide bonds. The summed E-state index contributed by atoms with van der Waals surface area (Å²) in [6, 6.07) is 12.0. The van der Waals surface area contributed by atoms with Crippen LogP contribution in [0.25, 0.3) is 10.8 Å². The molecule has 0 radical (unpaired) electrons. The lowest BCUT2D eigenvalue weighted by Crippen LogP contribution is -2.51. The quantitative estimate of drug-likeness (QED) is 0.897. The van der Waals surface area contributed by atoms with E-state index in [0.29, 0.717) is 31.7 Å². The molecule has 3 nitrogen and oxygen atoms in total. The van der Waals surface area contributed by atoms with Crippen LogP contribution in [0.1, 0.15) is 11.6 Å². The second kappa shape index (κ2) is 7.53. The third-order valence-corrected chi connectivity index (χ3v) is 4.22. The number of fused-ring (bicyclic) bond motifs is 1. The maximum atomic E-state index is 14.4. The molecule has 0 aromatic heterocycles. The van der Waals surface area contributed by atoms with Crippen molar-refractivity contribution in [2.24, 2.45) is 0 Å². The average molecular weight is 343 g/mol. The van der Waals surface area contributed by atoms with Crippen LogP contribution in [-0.2, 0) is 0 Å². The third-order valence-electron chi connectivity index (χ3n) is 4.22. The molecule has 126 valence electrons. The van der Waals surface area contributed by atoms with Crippen molar-refractivity contribution in [1.82, 2.24) is 10.2 Å². The van der Waals surface area contributed by atoms with E-state index in [1.54, 1.807) is 11.0 Å². The Balaban J connectivity index is 0.00000192. The van der Waals surface area contributed by atoms with Gasteiger partial charge in [0.1, 0.15) is 12.6 Å². The van der Waals surface area contributed by atoms with Crippen molar-refractivity contribution in [1.29, 1.82) is 0 Å². The molecule has 0 unspecified atom stereocenters. The van der Waals surface area contributed by atoms with E-state index in [4.69, 9.17) is 0 Å². The molecule has 6 heteroatoms. The summed E-state index contributed by atoms with van der Waals surface area (Å²) >= 11 is 0. The van der Waals surface area contributed by atoms with Gasteiger partial charge in [0.2, 0.25) is 0 Å². The Kier molecular flexibility index (Phi) is 5.92. The normalized spacial score (nSPS) is 17.7. The number of hydrogen-bond donors (Lipinski definition) is 2. The van der Waals surface area contributed by atoms with Crippen LogP contribution in [0.2, 0.25) is 0 Å². The number of rotatable bonds is 4. The number of piperazine rings is 1. The van der Waals surface area contributed by atoms with Gasteiger partial charge in [-0.05, 0) is 22.4 Å². The summed E-state index contributed by atoms with van der Waals surface area (Å²) in [5.41, 5.74) is 0.555. The van der Waals surface area contributed by atoms with Crippen LogP contribution >= 0.6 is 12.4 Å². The molecule has 2 aromatic rings. The maximum Gasteiger partial charge on any atom is 0.289 e. The van der Waals surface area contributed by atoms with Crippen LogP contribution < -0.4 is 5.32 Å². The van der Waals surface area contributed by atoms with Gasteiger partial charge in [-0.15, -0.1) is 12.4 Å². The molecule has 2 aromatic carbocycles. The van der Waals surface area contributed by atoms with Crippen LogP contribution in [0, 0.1) is 0 Å². The van der Waals surface area contributed by atoms with Gasteiger partial charge in [0.15, 0.2) is 0 Å². The maximum absolute atomic E-state index is 14.4. The summed E-state index contributed by atoms with van der Waals surface area (Å²) in [4.78, 5) is 1.76. The zero-order valence-corrected chi connectivity index (χ0v) is 13.5. The van der Waals surface area contributed by atoms with E-state index in [9.17, 15) is 13.9 Å². The highest BCUT2D eigenvalue weighted by atomic mass is 35.5. The van der Waals surface area contributed by atoms with E-state index in [2.05, 4.69) is 5.32 Å². The lowest BCUT2D eigenvalue weighted by atomic mass is 9.95. The molecule has 1 aliphatic rings. The summed E-state index contributed by atoms with van der Waals surface area (Å²) < 4.78 is 28.8. The van der Waals surface area contributed by atoms with Crippen LogP contribution in [0.4, 0.5) is 8.78 Å². The molecule has 1 aliphatic heterocycles. The van der Waals surface area contributed by atoms with Gasteiger partial charge in [-0.1, -0.05) is 36.4 Å². The molecule has 1 saturated heterocycles. The third kappa shape index (κ3) is 3.80. The molecule has 0 spiro atoms. The van der Waals surface area contributed by atoms with Crippen molar-refractivity contribution in [3.63, 3.8) is 0 Å². The van der Waals surface area contributed by atoms with Gasteiger partial charge in [-0.3, -0.25) is 4.90 Å². The van der Waals surface area contributed by atoms with Gasteiger partial charge in [-0.25, -0.2) is 8.78 Å². The number of nitrogens with one attached hydrogen (secondary N) is 1. The van der Waals surface area contributed by atoms with Gasteiger partial charge in [-0.2, -0.15) is 0 Å². The minimum Gasteiger partial charge on any atom is -0.390 e. The fourth-order valence-corrected chi connectivity index (χ4v) is 3.13. The summed E-state index contributed by atoms with van der Waals surface area (Å²) in [5.74, 6) is -3.17. The summed E-state index contributed by atoms with van der Waals surface area (Å²) in [6.45, 7) is 1.33. The first-order valence-electron chi connectivity index (χ1n) is 7.54. The van der Waals surface area contributed by atoms with Crippen molar-refractivity contribution >= 4 is 23.2 Å². The number of nitrogens with zero attached hydrogens (tertiary/aromatic N) is 1. The lowest BCUT2D eigenvalue weighted by Gasteiger charge is -2.38. The van der Waals surface area contributed by atoms with Crippen LogP contribution in [-0.4, -0.2) is 48.7 Å². The second-order valence-electron chi connectivity index (χ2n) is 5.71. The first-order valence-corrected chi connectivity index (χ1v) is 7.54. The van der Waals surface area contributed by atoms with Crippen molar-refractivity contribution in [2.45, 2.75) is 12.0 Å². The molecule has 23 heavy (non-hydrogen) atoms. The molecular formula is C17H21ClF2N2O. The largest absolute Gasteiger partial charge is 0.390 e. The van der Waals surface area contributed by atoms with E-state index in [1.165, 1.54) is 0 Å². The highest BCUT2D eigenvalue weighted by Crippen LogP contribution is 2.37. The number of alkyl halides is 2. The summed E-state index contributed by atoms with van der Waals surface area (Å²) in [7, 11) is 0. The molecule has 0 saturated carbocycles. The first-order chi connectivity index (χ1) is 10.6. The predicted octanol–water partition coefficient (Wildman–Crippen LogP) is 2.84. The number of aliphatic hydroxyl groups is 1. The molecule has 1 fully saturated rings. The van der Waals surface area contributed by atoms with Crippen molar-refractivity contribution in [3.8, 4) is 0 Å². The van der Waals surface area contributed by atoms with Gasteiger partial charge in [0.05, 0.1) is 0 Å². The van der Waals surface area contributed by atoms with E-state index in [-0.39, 0.29) is 12.4 Å². The topological polar surface area (TPSA) is 35.5 Å². The smallest absolute Gasteiger partial charge is 0.289 e. The number of hydrogen-bond acceptors (Lipinski definition) is 3. The lowest BCUT2D eigenvalue weighted by molar-refractivity contribution is -0.118. The van der Waals surface area contributed by atoms with Crippen LogP contribution in [0.3, 0.4) is 0 Å². The monoisotopic (exact) mass is 342 g/mol.